The van der Waals surface area contributed by atoms with Crippen molar-refractivity contribution in [3.63, 3.8) is 0 Å². The molecule has 3 aromatic rings. The zero-order chi connectivity index (χ0) is 25.0. The summed E-state index contributed by atoms with van der Waals surface area (Å²) in [7, 11) is 3.28. The van der Waals surface area contributed by atoms with Gasteiger partial charge in [0.2, 0.25) is 5.88 Å². The molecule has 180 valence electrons. The average molecular weight is 466 g/mol. The van der Waals surface area contributed by atoms with E-state index in [1.807, 2.05) is 58.0 Å². The van der Waals surface area contributed by atoms with Crippen molar-refractivity contribution < 1.29 is 19.1 Å². The third-order valence-corrected chi connectivity index (χ3v) is 5.45. The van der Waals surface area contributed by atoms with Gasteiger partial charge in [0, 0.05) is 30.6 Å². The molecule has 0 saturated carbocycles. The minimum Gasteiger partial charge on any atom is -0.481 e. The van der Waals surface area contributed by atoms with Crippen molar-refractivity contribution in [2.75, 3.05) is 20.7 Å². The molecule has 2 heterocycles. The smallest absolute Gasteiger partial charge is 0.405 e. The van der Waals surface area contributed by atoms with Crippen LogP contribution < -0.4 is 10.5 Å². The number of ether oxygens (including phenoxy) is 2. The van der Waals surface area contributed by atoms with E-state index in [4.69, 9.17) is 15.2 Å². The van der Waals surface area contributed by atoms with E-state index < -0.39 is 12.2 Å². The van der Waals surface area contributed by atoms with Gasteiger partial charge < -0.3 is 20.1 Å². The van der Waals surface area contributed by atoms with Gasteiger partial charge in [-0.2, -0.15) is 5.10 Å². The molecule has 0 bridgehead atoms. The first-order valence-corrected chi connectivity index (χ1v) is 11.0. The topological polar surface area (TPSA) is 113 Å². The van der Waals surface area contributed by atoms with Crippen LogP contribution in [0.3, 0.4) is 0 Å². The monoisotopic (exact) mass is 465 g/mol. The normalized spacial score (nSPS) is 12.2. The van der Waals surface area contributed by atoms with Crippen LogP contribution in [0.1, 0.15) is 49.9 Å². The minimum atomic E-state index is -0.822. The van der Waals surface area contributed by atoms with E-state index in [1.54, 1.807) is 42.1 Å². The molecular formula is C25H31N5O4. The molecule has 2 N–H and O–H groups in total. The molecule has 2 aromatic heterocycles. The summed E-state index contributed by atoms with van der Waals surface area (Å²) >= 11 is 0. The molecule has 1 aromatic carbocycles. The van der Waals surface area contributed by atoms with Crippen LogP contribution in [0.15, 0.2) is 48.7 Å². The van der Waals surface area contributed by atoms with E-state index in [0.29, 0.717) is 23.8 Å². The van der Waals surface area contributed by atoms with E-state index >= 15 is 0 Å². The Bertz CT molecular complexity index is 1150. The molecule has 34 heavy (non-hydrogen) atoms. The van der Waals surface area contributed by atoms with Crippen molar-refractivity contribution in [1.29, 1.82) is 0 Å². The summed E-state index contributed by atoms with van der Waals surface area (Å²) < 4.78 is 12.2. The van der Waals surface area contributed by atoms with Gasteiger partial charge in [0.05, 0.1) is 24.7 Å². The van der Waals surface area contributed by atoms with E-state index in [9.17, 15) is 9.59 Å². The molecule has 2 amide bonds. The van der Waals surface area contributed by atoms with Crippen molar-refractivity contribution in [3.8, 4) is 22.8 Å². The van der Waals surface area contributed by atoms with Crippen LogP contribution in [0.5, 0.6) is 5.88 Å². The fourth-order valence-corrected chi connectivity index (χ4v) is 3.54. The number of aromatic nitrogens is 3. The molecule has 1 atom stereocenters. The highest BCUT2D eigenvalue weighted by molar-refractivity contribution is 5.93. The molecule has 0 fully saturated rings. The third-order valence-electron chi connectivity index (χ3n) is 5.45. The van der Waals surface area contributed by atoms with E-state index in [2.05, 4.69) is 10.1 Å². The van der Waals surface area contributed by atoms with Gasteiger partial charge in [-0.15, -0.1) is 0 Å². The quantitative estimate of drug-likeness (QED) is 0.559. The van der Waals surface area contributed by atoms with Crippen LogP contribution in [-0.4, -0.2) is 52.4 Å². The second kappa shape index (κ2) is 9.94. The molecule has 0 aliphatic rings. The molecule has 0 radical (unpaired) electrons. The van der Waals surface area contributed by atoms with Crippen molar-refractivity contribution in [2.24, 2.45) is 11.1 Å². The standard InChI is InChI=1S/C25H31N5O4/c1-7-29(5)23(31)19-14-20(30(28-19)18-12-13-21(33-6)27-15-18)16-8-10-17(11-9-16)22(25(2,3)4)34-24(26)32/h8-15,22H,7H2,1-6H3,(H2,26,32). The minimum absolute atomic E-state index is 0.178. The first kappa shape index (κ1) is 24.8. The maximum absolute atomic E-state index is 12.8. The molecule has 9 heteroatoms. The molecule has 9 nitrogen and oxygen atoms in total. The van der Waals surface area contributed by atoms with E-state index in [1.165, 1.54) is 0 Å². The largest absolute Gasteiger partial charge is 0.481 e. The number of carbonyl (C=O) groups is 2. The van der Waals surface area contributed by atoms with Crippen molar-refractivity contribution >= 4 is 12.0 Å². The highest BCUT2D eigenvalue weighted by atomic mass is 16.6. The Labute approximate surface area is 199 Å². The summed E-state index contributed by atoms with van der Waals surface area (Å²) in [6, 6.07) is 12.9. The van der Waals surface area contributed by atoms with Crippen LogP contribution in [0.2, 0.25) is 0 Å². The van der Waals surface area contributed by atoms with Gasteiger partial charge in [0.1, 0.15) is 6.10 Å². The molecule has 0 spiro atoms. The summed E-state index contributed by atoms with van der Waals surface area (Å²) in [6.45, 7) is 8.39. The highest BCUT2D eigenvalue weighted by Gasteiger charge is 2.29. The lowest BCUT2D eigenvalue weighted by molar-refractivity contribution is 0.0360. The molecule has 0 saturated heterocycles. The Morgan fingerprint density at radius 2 is 1.82 bits per heavy atom. The van der Waals surface area contributed by atoms with Crippen LogP contribution in [0.4, 0.5) is 4.79 Å². The molecule has 0 aliphatic carbocycles. The molecular weight excluding hydrogens is 434 g/mol. The number of nitrogens with two attached hydrogens (primary N) is 1. The summed E-state index contributed by atoms with van der Waals surface area (Å²) in [4.78, 5) is 30.1. The first-order valence-electron chi connectivity index (χ1n) is 11.0. The number of primary amides is 1. The Morgan fingerprint density at radius 3 is 2.32 bits per heavy atom. The number of rotatable bonds is 7. The maximum Gasteiger partial charge on any atom is 0.405 e. The van der Waals surface area contributed by atoms with Gasteiger partial charge in [-0.25, -0.2) is 14.5 Å². The van der Waals surface area contributed by atoms with Gasteiger partial charge in [-0.1, -0.05) is 45.0 Å². The van der Waals surface area contributed by atoms with Crippen molar-refractivity contribution in [3.05, 3.63) is 59.9 Å². The number of amides is 2. The second-order valence-electron chi connectivity index (χ2n) is 9.01. The summed E-state index contributed by atoms with van der Waals surface area (Å²) in [5.41, 5.74) is 8.31. The SMILES string of the molecule is CCN(C)C(=O)c1cc(-c2ccc(C(OC(N)=O)C(C)(C)C)cc2)n(-c2ccc(OC)nc2)n1. The van der Waals surface area contributed by atoms with Crippen LogP contribution in [-0.2, 0) is 4.74 Å². The number of pyridine rings is 1. The van der Waals surface area contributed by atoms with Crippen LogP contribution >= 0.6 is 0 Å². The number of benzene rings is 1. The maximum atomic E-state index is 12.8. The zero-order valence-corrected chi connectivity index (χ0v) is 20.4. The Morgan fingerprint density at radius 1 is 1.15 bits per heavy atom. The van der Waals surface area contributed by atoms with Crippen LogP contribution in [0, 0.1) is 5.41 Å². The lowest BCUT2D eigenvalue weighted by Crippen LogP contribution is -2.26. The van der Waals surface area contributed by atoms with Gasteiger partial charge in [0.25, 0.3) is 5.91 Å². The first-order chi connectivity index (χ1) is 16.0. The van der Waals surface area contributed by atoms with Crippen molar-refractivity contribution in [2.45, 2.75) is 33.8 Å². The van der Waals surface area contributed by atoms with Gasteiger partial charge in [-0.3, -0.25) is 4.79 Å². The van der Waals surface area contributed by atoms with E-state index in [0.717, 1.165) is 16.8 Å². The zero-order valence-electron chi connectivity index (χ0n) is 20.4. The van der Waals surface area contributed by atoms with Gasteiger partial charge in [0.15, 0.2) is 5.69 Å². The van der Waals surface area contributed by atoms with Crippen LogP contribution in [0.25, 0.3) is 16.9 Å². The summed E-state index contributed by atoms with van der Waals surface area (Å²) in [5, 5.41) is 4.58. The molecule has 0 aliphatic heterocycles. The fourth-order valence-electron chi connectivity index (χ4n) is 3.54. The van der Waals surface area contributed by atoms with Gasteiger partial charge in [-0.05, 0) is 24.6 Å². The fraction of sp³-hybridized carbons (Fsp3) is 0.360. The third kappa shape index (κ3) is 5.36. The predicted octanol–water partition coefficient (Wildman–Crippen LogP) is 4.22. The summed E-state index contributed by atoms with van der Waals surface area (Å²) in [5.74, 6) is 0.301. The number of methoxy groups -OCH3 is 1. The van der Waals surface area contributed by atoms with E-state index in [-0.39, 0.29) is 11.3 Å². The number of carbonyl (C=O) groups excluding carboxylic acids is 2. The predicted molar refractivity (Wildman–Crippen MR) is 129 cm³/mol. The second-order valence-corrected chi connectivity index (χ2v) is 9.01. The Kier molecular flexibility index (Phi) is 7.24. The number of hydrogen-bond donors (Lipinski definition) is 1. The van der Waals surface area contributed by atoms with Crippen molar-refractivity contribution in [1.82, 2.24) is 19.7 Å². The Hall–Kier alpha value is -3.88. The highest BCUT2D eigenvalue weighted by Crippen LogP contribution is 2.37. The lowest BCUT2D eigenvalue weighted by Gasteiger charge is -2.30. The lowest BCUT2D eigenvalue weighted by atomic mass is 9.84. The average Bonchev–Trinajstić information content (AvgIpc) is 3.26. The summed E-state index contributed by atoms with van der Waals surface area (Å²) in [6.07, 6.45) is 0.306. The molecule has 1 unspecified atom stereocenters. The van der Waals surface area contributed by atoms with Gasteiger partial charge >= 0.3 is 6.09 Å². The number of hydrogen-bond acceptors (Lipinski definition) is 6. The number of nitrogens with zero attached hydrogens (tertiary/aromatic N) is 4. The Balaban J connectivity index is 2.07. The molecule has 3 rings (SSSR count).